The number of anilines is 1. The molecule has 2 aromatic carbocycles. The Kier molecular flexibility index (Phi) is 7.61. The Labute approximate surface area is 225 Å². The summed E-state index contributed by atoms with van der Waals surface area (Å²) in [6, 6.07) is 7.99. The van der Waals surface area contributed by atoms with Crippen molar-refractivity contribution in [2.75, 3.05) is 4.72 Å². The third-order valence-corrected chi connectivity index (χ3v) is 7.55. The fourth-order valence-corrected chi connectivity index (χ4v) is 4.94. The van der Waals surface area contributed by atoms with Gasteiger partial charge in [0.05, 0.1) is 32.4 Å². The Morgan fingerprint density at radius 1 is 1.11 bits per heavy atom. The molecule has 0 amide bonds. The summed E-state index contributed by atoms with van der Waals surface area (Å²) >= 11 is 15.7. The molecule has 0 aliphatic heterocycles. The zero-order valence-corrected chi connectivity index (χ0v) is 22.5. The first-order chi connectivity index (χ1) is 17.0. The normalized spacial score (nSPS) is 12.2. The van der Waals surface area contributed by atoms with Crippen molar-refractivity contribution < 1.29 is 22.6 Å². The van der Waals surface area contributed by atoms with Crippen molar-refractivity contribution in [1.29, 1.82) is 0 Å². The Balaban J connectivity index is 1.89. The molecule has 0 spiro atoms. The molecule has 6 nitrogen and oxygen atoms in total. The Morgan fingerprint density at radius 2 is 1.78 bits per heavy atom. The number of rotatable bonds is 6. The van der Waals surface area contributed by atoms with Gasteiger partial charge in [-0.25, -0.2) is 18.0 Å². The molecule has 0 radical (unpaired) electrons. The molecule has 4 rings (SSSR count). The van der Waals surface area contributed by atoms with Crippen LogP contribution in [0.2, 0.25) is 10.0 Å². The van der Waals surface area contributed by atoms with Gasteiger partial charge in [-0.05, 0) is 60.1 Å². The van der Waals surface area contributed by atoms with Crippen LogP contribution in [0.25, 0.3) is 11.0 Å². The topological polar surface area (TPSA) is 81.1 Å². The van der Waals surface area contributed by atoms with Crippen molar-refractivity contribution in [2.45, 2.75) is 19.1 Å². The van der Waals surface area contributed by atoms with Gasteiger partial charge in [-0.3, -0.25) is 14.2 Å². The standard InChI is InChI=1S/C24H16BrCl2F2N3O3S/c1-11(2)36(35)31-18-7-6-17(28)20(21(18)29)22(33)14-10-32(23-13(14)8-12(25)9-30-23)24(34)19-15(26)4-3-5-16(19)27/h3-11,31H,1-2H3. The molecule has 0 fully saturated rings. The summed E-state index contributed by atoms with van der Waals surface area (Å²) in [5.41, 5.74) is -1.33. The first-order valence-electron chi connectivity index (χ1n) is 10.4. The molecule has 1 unspecified atom stereocenters. The molecule has 0 saturated heterocycles. The van der Waals surface area contributed by atoms with Crippen LogP contribution in [0.15, 0.2) is 53.3 Å². The van der Waals surface area contributed by atoms with E-state index in [0.29, 0.717) is 4.47 Å². The third-order valence-electron chi connectivity index (χ3n) is 5.21. The molecule has 4 aromatic rings. The lowest BCUT2D eigenvalue weighted by Crippen LogP contribution is -2.17. The molecular formula is C24H16BrCl2F2N3O3S. The van der Waals surface area contributed by atoms with Gasteiger partial charge >= 0.3 is 0 Å². The van der Waals surface area contributed by atoms with Crippen molar-refractivity contribution >= 4 is 78.5 Å². The number of halogens is 5. The maximum atomic E-state index is 15.3. The molecule has 0 aliphatic carbocycles. The van der Waals surface area contributed by atoms with Crippen molar-refractivity contribution in [3.05, 3.63) is 91.6 Å². The number of pyridine rings is 1. The van der Waals surface area contributed by atoms with Crippen LogP contribution in [-0.2, 0) is 11.0 Å². The lowest BCUT2D eigenvalue weighted by molar-refractivity contribution is 0.0964. The number of hydrogen-bond acceptors (Lipinski definition) is 4. The highest BCUT2D eigenvalue weighted by Gasteiger charge is 2.28. The fourth-order valence-electron chi connectivity index (χ4n) is 3.44. The largest absolute Gasteiger partial charge is 0.302 e. The van der Waals surface area contributed by atoms with Crippen LogP contribution in [0.1, 0.15) is 40.1 Å². The molecule has 0 aliphatic rings. The quantitative estimate of drug-likeness (QED) is 0.243. The Bertz CT molecular complexity index is 1560. The zero-order valence-electron chi connectivity index (χ0n) is 18.6. The van der Waals surface area contributed by atoms with Crippen LogP contribution >= 0.6 is 39.1 Å². The van der Waals surface area contributed by atoms with E-state index in [0.717, 1.165) is 22.9 Å². The number of ketones is 1. The van der Waals surface area contributed by atoms with E-state index in [9.17, 15) is 18.2 Å². The minimum absolute atomic E-state index is 0.0267. The summed E-state index contributed by atoms with van der Waals surface area (Å²) in [5.74, 6) is -4.06. The lowest BCUT2D eigenvalue weighted by Gasteiger charge is -2.12. The predicted octanol–water partition coefficient (Wildman–Crippen LogP) is 6.79. The van der Waals surface area contributed by atoms with E-state index in [1.165, 1.54) is 24.4 Å². The highest BCUT2D eigenvalue weighted by atomic mass is 79.9. The van der Waals surface area contributed by atoms with E-state index in [-0.39, 0.29) is 43.1 Å². The van der Waals surface area contributed by atoms with Gasteiger partial charge in [-0.15, -0.1) is 0 Å². The number of fused-ring (bicyclic) bond motifs is 1. The summed E-state index contributed by atoms with van der Waals surface area (Å²) in [6.07, 6.45) is 2.54. The molecular weight excluding hydrogens is 599 g/mol. The van der Waals surface area contributed by atoms with E-state index < -0.39 is 39.9 Å². The van der Waals surface area contributed by atoms with E-state index >= 15 is 4.39 Å². The summed E-state index contributed by atoms with van der Waals surface area (Å²) in [7, 11) is -1.67. The highest BCUT2D eigenvalue weighted by molar-refractivity contribution is 9.10. The fraction of sp³-hybridized carbons (Fsp3) is 0.125. The molecule has 1 atom stereocenters. The molecule has 0 saturated carbocycles. The monoisotopic (exact) mass is 613 g/mol. The second-order valence-corrected chi connectivity index (χ2v) is 11.4. The van der Waals surface area contributed by atoms with E-state index in [2.05, 4.69) is 25.6 Å². The van der Waals surface area contributed by atoms with Gasteiger partial charge in [0.25, 0.3) is 5.91 Å². The number of nitrogens with one attached hydrogen (secondary N) is 1. The molecule has 2 heterocycles. The molecule has 186 valence electrons. The first kappa shape index (κ1) is 26.4. The SMILES string of the molecule is CC(C)S(=O)Nc1ccc(F)c(C(=O)c2cn(C(=O)c3c(Cl)cccc3Cl)c3ncc(Br)cc23)c1F. The van der Waals surface area contributed by atoms with Gasteiger partial charge in [0.15, 0.2) is 5.82 Å². The van der Waals surface area contributed by atoms with Gasteiger partial charge in [0, 0.05) is 27.5 Å². The average Bonchev–Trinajstić information content (AvgIpc) is 3.19. The Morgan fingerprint density at radius 3 is 2.42 bits per heavy atom. The highest BCUT2D eigenvalue weighted by Crippen LogP contribution is 2.32. The summed E-state index contributed by atoms with van der Waals surface area (Å²) in [5, 5.41) is -0.0480. The average molecular weight is 615 g/mol. The van der Waals surface area contributed by atoms with Gasteiger partial charge in [0.2, 0.25) is 5.78 Å². The Hall–Kier alpha value is -2.66. The molecule has 2 aromatic heterocycles. The van der Waals surface area contributed by atoms with Crippen LogP contribution < -0.4 is 4.72 Å². The lowest BCUT2D eigenvalue weighted by atomic mass is 10.0. The number of nitrogens with zero attached hydrogens (tertiary/aromatic N) is 2. The van der Waals surface area contributed by atoms with Gasteiger partial charge < -0.3 is 4.72 Å². The smallest absolute Gasteiger partial charge is 0.266 e. The van der Waals surface area contributed by atoms with Gasteiger partial charge in [-0.1, -0.05) is 29.3 Å². The third kappa shape index (κ3) is 4.82. The van der Waals surface area contributed by atoms with Crippen molar-refractivity contribution in [1.82, 2.24) is 9.55 Å². The van der Waals surface area contributed by atoms with Gasteiger partial charge in [-0.2, -0.15) is 0 Å². The maximum Gasteiger partial charge on any atom is 0.266 e. The molecule has 0 bridgehead atoms. The van der Waals surface area contributed by atoms with E-state index in [4.69, 9.17) is 23.2 Å². The number of hydrogen-bond donors (Lipinski definition) is 1. The second-order valence-electron chi connectivity index (χ2n) is 7.90. The van der Waals surface area contributed by atoms with Crippen LogP contribution in [-0.4, -0.2) is 30.7 Å². The van der Waals surface area contributed by atoms with Crippen LogP contribution in [0.5, 0.6) is 0 Å². The minimum atomic E-state index is -1.67. The number of carbonyl (C=O) groups is 2. The van der Waals surface area contributed by atoms with Crippen molar-refractivity contribution in [2.24, 2.45) is 0 Å². The molecule has 12 heteroatoms. The first-order valence-corrected chi connectivity index (χ1v) is 13.1. The minimum Gasteiger partial charge on any atom is -0.302 e. The number of aromatic nitrogens is 2. The van der Waals surface area contributed by atoms with E-state index in [1.54, 1.807) is 19.9 Å². The summed E-state index contributed by atoms with van der Waals surface area (Å²) in [6.45, 7) is 3.30. The van der Waals surface area contributed by atoms with Crippen molar-refractivity contribution in [3.63, 3.8) is 0 Å². The number of benzene rings is 2. The van der Waals surface area contributed by atoms with Crippen LogP contribution in [0.3, 0.4) is 0 Å². The van der Waals surface area contributed by atoms with Crippen LogP contribution in [0, 0.1) is 11.6 Å². The predicted molar refractivity (Wildman–Crippen MR) is 140 cm³/mol. The summed E-state index contributed by atoms with van der Waals surface area (Å²) in [4.78, 5) is 31.1. The van der Waals surface area contributed by atoms with E-state index in [1.807, 2.05) is 0 Å². The number of carbonyl (C=O) groups excluding carboxylic acids is 2. The molecule has 36 heavy (non-hydrogen) atoms. The van der Waals surface area contributed by atoms with Gasteiger partial charge in [0.1, 0.15) is 22.5 Å². The summed E-state index contributed by atoms with van der Waals surface area (Å²) < 4.78 is 46.2. The molecule has 1 N–H and O–H groups in total. The van der Waals surface area contributed by atoms with Crippen molar-refractivity contribution in [3.8, 4) is 0 Å². The maximum absolute atomic E-state index is 15.3. The van der Waals surface area contributed by atoms with Crippen LogP contribution in [0.4, 0.5) is 14.5 Å². The second kappa shape index (κ2) is 10.4. The zero-order chi connectivity index (χ0) is 26.3.